The van der Waals surface area contributed by atoms with Crippen molar-refractivity contribution in [3.05, 3.63) is 0 Å². The largest absolute Gasteiger partial charge is 0.469 e. The van der Waals surface area contributed by atoms with E-state index in [4.69, 9.17) is 0 Å². The lowest BCUT2D eigenvalue weighted by atomic mass is 10.1. The molecule has 3 nitrogen and oxygen atoms in total. The number of rotatable bonds is 8. The molecule has 0 aliphatic rings. The Morgan fingerprint density at radius 2 is 1.79 bits per heavy atom. The topological polar surface area (TPSA) is 43.4 Å². The zero-order valence-electron chi connectivity index (χ0n) is 8.55. The summed E-state index contributed by atoms with van der Waals surface area (Å²) in [6.45, 7) is 0. The van der Waals surface area contributed by atoms with Crippen molar-refractivity contribution < 1.29 is 14.3 Å². The summed E-state index contributed by atoms with van der Waals surface area (Å²) in [6.07, 6.45) is 4.63. The number of carbonyl (C=O) groups excluding carboxylic acids is 2. The van der Waals surface area contributed by atoms with Crippen LogP contribution in [0, 0.1) is 0 Å². The predicted octanol–water partition coefficient (Wildman–Crippen LogP) is 2.46. The number of hydrogen-bond acceptors (Lipinski definition) is 3. The third-order valence-electron chi connectivity index (χ3n) is 1.91. The van der Waals surface area contributed by atoms with Gasteiger partial charge in [-0.1, -0.05) is 28.8 Å². The average Bonchev–Trinajstić information content (AvgIpc) is 2.17. The molecule has 14 heavy (non-hydrogen) atoms. The van der Waals surface area contributed by atoms with E-state index < -0.39 is 5.97 Å². The summed E-state index contributed by atoms with van der Waals surface area (Å²) in [5.74, 6) is -0.453. The fraction of sp³-hybridized carbons (Fsp3) is 0.800. The van der Waals surface area contributed by atoms with Gasteiger partial charge in [0.25, 0.3) is 0 Å². The fourth-order valence-electron chi connectivity index (χ4n) is 1.09. The number of ketones is 1. The fourth-order valence-corrected chi connectivity index (χ4v) is 1.49. The maximum Gasteiger partial charge on any atom is 0.313 e. The number of ether oxygens (including phenoxy) is 1. The van der Waals surface area contributed by atoms with Crippen molar-refractivity contribution in [2.75, 3.05) is 12.4 Å². The average molecular weight is 265 g/mol. The Hall–Kier alpha value is -0.380. The van der Waals surface area contributed by atoms with Crippen LogP contribution in [-0.4, -0.2) is 24.2 Å². The Morgan fingerprint density at radius 3 is 2.36 bits per heavy atom. The summed E-state index contributed by atoms with van der Waals surface area (Å²) in [6, 6.07) is 0. The van der Waals surface area contributed by atoms with Crippen LogP contribution in [0.2, 0.25) is 0 Å². The predicted molar refractivity (Wildman–Crippen MR) is 58.5 cm³/mol. The Kier molecular flexibility index (Phi) is 8.94. The number of esters is 1. The minimum atomic E-state index is -0.435. The molecule has 0 fully saturated rings. The van der Waals surface area contributed by atoms with E-state index in [-0.39, 0.29) is 12.2 Å². The van der Waals surface area contributed by atoms with Crippen LogP contribution in [0.3, 0.4) is 0 Å². The van der Waals surface area contributed by atoms with Crippen LogP contribution in [0.4, 0.5) is 0 Å². The molecule has 0 unspecified atom stereocenters. The van der Waals surface area contributed by atoms with Crippen molar-refractivity contribution >= 4 is 27.7 Å². The molecule has 0 saturated carbocycles. The van der Waals surface area contributed by atoms with E-state index in [1.54, 1.807) is 0 Å². The number of hydrogen-bond donors (Lipinski definition) is 0. The first kappa shape index (κ1) is 13.6. The highest BCUT2D eigenvalue weighted by Gasteiger charge is 2.08. The monoisotopic (exact) mass is 264 g/mol. The molecule has 4 heteroatoms. The highest BCUT2D eigenvalue weighted by molar-refractivity contribution is 9.09. The number of Topliss-reactive ketones (excluding diaryl/α,β-unsaturated/α-hetero) is 1. The van der Waals surface area contributed by atoms with Crippen LogP contribution in [0.1, 0.15) is 38.5 Å². The van der Waals surface area contributed by atoms with E-state index in [1.807, 2.05) is 0 Å². The molecule has 0 aromatic heterocycles. The van der Waals surface area contributed by atoms with Gasteiger partial charge >= 0.3 is 5.97 Å². The summed E-state index contributed by atoms with van der Waals surface area (Å²) >= 11 is 3.34. The van der Waals surface area contributed by atoms with Crippen LogP contribution in [0.15, 0.2) is 0 Å². The zero-order chi connectivity index (χ0) is 10.8. The molecule has 0 atom stereocenters. The van der Waals surface area contributed by atoms with Gasteiger partial charge in [0.05, 0.1) is 7.11 Å². The van der Waals surface area contributed by atoms with E-state index in [1.165, 1.54) is 7.11 Å². The van der Waals surface area contributed by atoms with Gasteiger partial charge in [-0.2, -0.15) is 0 Å². The molecule has 82 valence electrons. The van der Waals surface area contributed by atoms with E-state index in [0.717, 1.165) is 31.0 Å². The van der Waals surface area contributed by atoms with Crippen molar-refractivity contribution in [2.45, 2.75) is 38.5 Å². The lowest BCUT2D eigenvalue weighted by Crippen LogP contribution is -2.08. The third-order valence-corrected chi connectivity index (χ3v) is 2.47. The molecule has 0 aliphatic heterocycles. The molecule has 0 heterocycles. The minimum absolute atomic E-state index is 0.0179. The summed E-state index contributed by atoms with van der Waals surface area (Å²) in [4.78, 5) is 21.8. The van der Waals surface area contributed by atoms with Gasteiger partial charge in [0.15, 0.2) is 0 Å². The molecule has 0 N–H and O–H groups in total. The SMILES string of the molecule is COC(=O)CC(=O)CCCCCCBr. The molecule has 0 amide bonds. The number of carbonyl (C=O) groups is 2. The van der Waals surface area contributed by atoms with Crippen LogP contribution in [0.25, 0.3) is 0 Å². The quantitative estimate of drug-likeness (QED) is 0.293. The third kappa shape index (κ3) is 8.23. The second-order valence-electron chi connectivity index (χ2n) is 3.14. The minimum Gasteiger partial charge on any atom is -0.469 e. The van der Waals surface area contributed by atoms with Gasteiger partial charge in [0.2, 0.25) is 0 Å². The Bertz CT molecular complexity index is 180. The number of halogens is 1. The van der Waals surface area contributed by atoms with Gasteiger partial charge in [-0.25, -0.2) is 0 Å². The Balaban J connectivity index is 3.31. The first-order valence-electron chi connectivity index (χ1n) is 4.85. The number of unbranched alkanes of at least 4 members (excludes halogenated alkanes) is 3. The van der Waals surface area contributed by atoms with E-state index in [9.17, 15) is 9.59 Å². The van der Waals surface area contributed by atoms with Crippen LogP contribution < -0.4 is 0 Å². The smallest absolute Gasteiger partial charge is 0.313 e. The first-order valence-corrected chi connectivity index (χ1v) is 5.97. The Morgan fingerprint density at radius 1 is 1.14 bits per heavy atom. The molecule has 0 saturated heterocycles. The summed E-state index contributed by atoms with van der Waals surface area (Å²) < 4.78 is 4.40. The standard InChI is InChI=1S/C10H17BrO3/c1-14-10(13)8-9(12)6-4-2-3-5-7-11/h2-8H2,1H3. The highest BCUT2D eigenvalue weighted by Crippen LogP contribution is 2.06. The van der Waals surface area contributed by atoms with Crippen molar-refractivity contribution in [1.82, 2.24) is 0 Å². The maximum atomic E-state index is 11.1. The van der Waals surface area contributed by atoms with Crippen molar-refractivity contribution in [3.63, 3.8) is 0 Å². The summed E-state index contributed by atoms with van der Waals surface area (Å²) in [7, 11) is 1.30. The van der Waals surface area contributed by atoms with Gasteiger partial charge in [-0.15, -0.1) is 0 Å². The number of alkyl halides is 1. The first-order chi connectivity index (χ1) is 6.70. The molecule has 0 radical (unpaired) electrons. The molecule has 0 aromatic rings. The van der Waals surface area contributed by atoms with Gasteiger partial charge in [0, 0.05) is 11.8 Å². The molecule has 0 bridgehead atoms. The van der Waals surface area contributed by atoms with E-state index >= 15 is 0 Å². The van der Waals surface area contributed by atoms with Crippen LogP contribution in [-0.2, 0) is 14.3 Å². The maximum absolute atomic E-state index is 11.1. The van der Waals surface area contributed by atoms with Gasteiger partial charge in [0.1, 0.15) is 12.2 Å². The normalized spacial score (nSPS) is 9.86. The van der Waals surface area contributed by atoms with Crippen molar-refractivity contribution in [3.8, 4) is 0 Å². The second kappa shape index (κ2) is 9.19. The molecule has 0 spiro atoms. The Labute approximate surface area is 93.3 Å². The van der Waals surface area contributed by atoms with E-state index in [0.29, 0.717) is 6.42 Å². The summed E-state index contributed by atoms with van der Waals surface area (Å²) in [5, 5.41) is 1.02. The zero-order valence-corrected chi connectivity index (χ0v) is 10.1. The number of methoxy groups -OCH3 is 1. The van der Waals surface area contributed by atoms with E-state index in [2.05, 4.69) is 20.7 Å². The van der Waals surface area contributed by atoms with Crippen LogP contribution >= 0.6 is 15.9 Å². The van der Waals surface area contributed by atoms with Crippen molar-refractivity contribution in [1.29, 1.82) is 0 Å². The van der Waals surface area contributed by atoms with Gasteiger partial charge in [-0.05, 0) is 12.8 Å². The molecule has 0 rings (SSSR count). The molecular formula is C10H17BrO3. The van der Waals surface area contributed by atoms with Crippen LogP contribution in [0.5, 0.6) is 0 Å². The summed E-state index contributed by atoms with van der Waals surface area (Å²) in [5.41, 5.74) is 0. The van der Waals surface area contributed by atoms with Gasteiger partial charge < -0.3 is 4.74 Å². The van der Waals surface area contributed by atoms with Gasteiger partial charge in [-0.3, -0.25) is 9.59 Å². The molecule has 0 aliphatic carbocycles. The molecule has 0 aromatic carbocycles. The van der Waals surface area contributed by atoms with Crippen molar-refractivity contribution in [2.24, 2.45) is 0 Å². The highest BCUT2D eigenvalue weighted by atomic mass is 79.9. The lowest BCUT2D eigenvalue weighted by molar-refractivity contribution is -0.143. The molecular weight excluding hydrogens is 248 g/mol. The second-order valence-corrected chi connectivity index (χ2v) is 3.94. The lowest BCUT2D eigenvalue weighted by Gasteiger charge is -1.99.